The Balaban J connectivity index is 2.08. The van der Waals surface area contributed by atoms with Crippen LogP contribution in [0.5, 0.6) is 0 Å². The molecular weight excluding hydrogens is 387 g/mol. The molecule has 0 bridgehead atoms. The second kappa shape index (κ2) is 5.54. The number of nitrogens with zero attached hydrogens (tertiary/aromatic N) is 2. The summed E-state index contributed by atoms with van der Waals surface area (Å²) in [5.41, 5.74) is 1.66. The molecule has 1 aromatic heterocycles. The van der Waals surface area contributed by atoms with E-state index in [1.807, 2.05) is 42.5 Å². The normalized spacial score (nSPS) is 10.9. The molecule has 0 atom stereocenters. The van der Waals surface area contributed by atoms with Crippen molar-refractivity contribution in [3.8, 4) is 0 Å². The van der Waals surface area contributed by atoms with Crippen molar-refractivity contribution in [2.45, 2.75) is 6.54 Å². The molecular formula is C15H10ClIN2O. The second-order valence-corrected chi connectivity index (χ2v) is 6.15. The summed E-state index contributed by atoms with van der Waals surface area (Å²) < 4.78 is 2.62. The number of fused-ring (bicyclic) bond motifs is 1. The van der Waals surface area contributed by atoms with Gasteiger partial charge in [-0.25, -0.2) is 4.98 Å². The third kappa shape index (κ3) is 2.71. The number of hydrogen-bond acceptors (Lipinski definition) is 2. The lowest BCUT2D eigenvalue weighted by atomic mass is 10.2. The van der Waals surface area contributed by atoms with E-state index in [2.05, 4.69) is 27.6 Å². The Bertz CT molecular complexity index is 845. The largest absolute Gasteiger partial charge is 0.294 e. The quantitative estimate of drug-likeness (QED) is 0.619. The summed E-state index contributed by atoms with van der Waals surface area (Å²) in [6.45, 7) is 0.466. The third-order valence-electron chi connectivity index (χ3n) is 3.03. The molecule has 0 aliphatic carbocycles. The van der Waals surface area contributed by atoms with Crippen LogP contribution in [0.25, 0.3) is 10.9 Å². The maximum atomic E-state index is 12.5. The van der Waals surface area contributed by atoms with E-state index in [9.17, 15) is 4.79 Å². The minimum atomic E-state index is -0.0338. The Morgan fingerprint density at radius 1 is 1.20 bits per heavy atom. The van der Waals surface area contributed by atoms with E-state index in [1.54, 1.807) is 10.9 Å². The molecule has 20 heavy (non-hydrogen) atoms. The Morgan fingerprint density at radius 3 is 2.85 bits per heavy atom. The first-order valence-electron chi connectivity index (χ1n) is 6.02. The van der Waals surface area contributed by atoms with Gasteiger partial charge in [0, 0.05) is 8.59 Å². The van der Waals surface area contributed by atoms with Gasteiger partial charge in [0.25, 0.3) is 5.56 Å². The number of benzene rings is 2. The van der Waals surface area contributed by atoms with Crippen LogP contribution in [0.4, 0.5) is 0 Å². The zero-order valence-corrected chi connectivity index (χ0v) is 13.3. The molecule has 0 unspecified atom stereocenters. The summed E-state index contributed by atoms with van der Waals surface area (Å²) in [6.07, 6.45) is 1.58. The van der Waals surface area contributed by atoms with Crippen LogP contribution in [-0.4, -0.2) is 9.55 Å². The standard InChI is InChI=1S/C15H10ClIN2O/c16-11-3-1-2-10(6-11)8-19-9-18-14-5-4-12(17)7-13(14)15(19)20/h1-7,9H,8H2. The van der Waals surface area contributed by atoms with Gasteiger partial charge < -0.3 is 0 Å². The number of aromatic nitrogens is 2. The van der Waals surface area contributed by atoms with E-state index in [0.29, 0.717) is 17.0 Å². The van der Waals surface area contributed by atoms with Crippen molar-refractivity contribution in [1.29, 1.82) is 0 Å². The summed E-state index contributed by atoms with van der Waals surface area (Å²) >= 11 is 8.15. The molecule has 3 aromatic rings. The fourth-order valence-corrected chi connectivity index (χ4v) is 2.78. The highest BCUT2D eigenvalue weighted by Gasteiger charge is 2.05. The maximum Gasteiger partial charge on any atom is 0.261 e. The summed E-state index contributed by atoms with van der Waals surface area (Å²) in [6, 6.07) is 13.2. The monoisotopic (exact) mass is 396 g/mol. The summed E-state index contributed by atoms with van der Waals surface area (Å²) in [5.74, 6) is 0. The van der Waals surface area contributed by atoms with Gasteiger partial charge in [0.15, 0.2) is 0 Å². The van der Waals surface area contributed by atoms with Crippen LogP contribution in [0.2, 0.25) is 5.02 Å². The molecule has 0 fully saturated rings. The molecule has 2 aromatic carbocycles. The van der Waals surface area contributed by atoms with E-state index < -0.39 is 0 Å². The van der Waals surface area contributed by atoms with Gasteiger partial charge in [-0.3, -0.25) is 9.36 Å². The van der Waals surface area contributed by atoms with Crippen LogP contribution in [-0.2, 0) is 6.54 Å². The van der Waals surface area contributed by atoms with Gasteiger partial charge in [0.05, 0.1) is 23.8 Å². The van der Waals surface area contributed by atoms with Crippen molar-refractivity contribution >= 4 is 45.1 Å². The van der Waals surface area contributed by atoms with Gasteiger partial charge in [-0.2, -0.15) is 0 Å². The van der Waals surface area contributed by atoms with E-state index in [-0.39, 0.29) is 5.56 Å². The average Bonchev–Trinajstić information content (AvgIpc) is 2.43. The smallest absolute Gasteiger partial charge is 0.261 e. The van der Waals surface area contributed by atoms with Gasteiger partial charge in [0.1, 0.15) is 0 Å². The van der Waals surface area contributed by atoms with Gasteiger partial charge in [0.2, 0.25) is 0 Å². The second-order valence-electron chi connectivity index (χ2n) is 4.47. The first-order chi connectivity index (χ1) is 9.63. The Hall–Kier alpha value is -1.40. The molecule has 3 nitrogen and oxygen atoms in total. The molecule has 0 radical (unpaired) electrons. The van der Waals surface area contributed by atoms with Crippen molar-refractivity contribution in [3.63, 3.8) is 0 Å². The molecule has 1 heterocycles. The zero-order chi connectivity index (χ0) is 14.1. The molecule has 0 N–H and O–H groups in total. The Labute approximate surface area is 134 Å². The highest BCUT2D eigenvalue weighted by Crippen LogP contribution is 2.13. The minimum Gasteiger partial charge on any atom is -0.294 e. The SMILES string of the molecule is O=c1c2cc(I)ccc2ncn1Cc1cccc(Cl)c1. The van der Waals surface area contributed by atoms with Gasteiger partial charge in [-0.1, -0.05) is 23.7 Å². The Morgan fingerprint density at radius 2 is 2.05 bits per heavy atom. The third-order valence-corrected chi connectivity index (χ3v) is 3.93. The summed E-state index contributed by atoms with van der Waals surface area (Å²) in [5, 5.41) is 1.31. The molecule has 0 saturated heterocycles. The van der Waals surface area contributed by atoms with Crippen LogP contribution >= 0.6 is 34.2 Å². The fraction of sp³-hybridized carbons (Fsp3) is 0.0667. The van der Waals surface area contributed by atoms with Crippen LogP contribution in [0.3, 0.4) is 0 Å². The van der Waals surface area contributed by atoms with Crippen LogP contribution in [0.15, 0.2) is 53.6 Å². The predicted molar refractivity (Wildman–Crippen MR) is 89.3 cm³/mol. The molecule has 0 amide bonds. The minimum absolute atomic E-state index is 0.0338. The molecule has 100 valence electrons. The topological polar surface area (TPSA) is 34.9 Å². The molecule has 5 heteroatoms. The number of rotatable bonds is 2. The van der Waals surface area contributed by atoms with Crippen molar-refractivity contribution in [2.24, 2.45) is 0 Å². The molecule has 0 saturated carbocycles. The number of halogens is 2. The Kier molecular flexibility index (Phi) is 3.76. The summed E-state index contributed by atoms with van der Waals surface area (Å²) in [7, 11) is 0. The van der Waals surface area contributed by atoms with Gasteiger partial charge in [-0.05, 0) is 58.5 Å². The summed E-state index contributed by atoms with van der Waals surface area (Å²) in [4.78, 5) is 16.8. The van der Waals surface area contributed by atoms with Crippen LogP contribution < -0.4 is 5.56 Å². The first kappa shape index (κ1) is 13.6. The fourth-order valence-electron chi connectivity index (χ4n) is 2.08. The van der Waals surface area contributed by atoms with Crippen molar-refractivity contribution in [2.75, 3.05) is 0 Å². The van der Waals surface area contributed by atoms with Crippen LogP contribution in [0.1, 0.15) is 5.56 Å². The molecule has 0 aliphatic heterocycles. The zero-order valence-electron chi connectivity index (χ0n) is 10.4. The van der Waals surface area contributed by atoms with Crippen molar-refractivity contribution in [3.05, 3.63) is 73.3 Å². The van der Waals surface area contributed by atoms with E-state index >= 15 is 0 Å². The lowest BCUT2D eigenvalue weighted by molar-refractivity contribution is 0.748. The lowest BCUT2D eigenvalue weighted by Crippen LogP contribution is -2.21. The van der Waals surface area contributed by atoms with Gasteiger partial charge in [-0.15, -0.1) is 0 Å². The van der Waals surface area contributed by atoms with E-state index in [1.165, 1.54) is 0 Å². The highest BCUT2D eigenvalue weighted by molar-refractivity contribution is 14.1. The molecule has 0 spiro atoms. The van der Waals surface area contributed by atoms with E-state index in [0.717, 1.165) is 14.7 Å². The molecule has 0 aliphatic rings. The predicted octanol–water partition coefficient (Wildman–Crippen LogP) is 3.70. The maximum absolute atomic E-state index is 12.5. The highest BCUT2D eigenvalue weighted by atomic mass is 127. The van der Waals surface area contributed by atoms with E-state index in [4.69, 9.17) is 11.6 Å². The van der Waals surface area contributed by atoms with Crippen molar-refractivity contribution < 1.29 is 0 Å². The van der Waals surface area contributed by atoms with Gasteiger partial charge >= 0.3 is 0 Å². The number of hydrogen-bond donors (Lipinski definition) is 0. The first-order valence-corrected chi connectivity index (χ1v) is 7.48. The van der Waals surface area contributed by atoms with Crippen LogP contribution in [0, 0.1) is 3.57 Å². The van der Waals surface area contributed by atoms with Crippen molar-refractivity contribution in [1.82, 2.24) is 9.55 Å². The lowest BCUT2D eigenvalue weighted by Gasteiger charge is -2.07. The molecule has 3 rings (SSSR count). The average molecular weight is 397 g/mol.